The molecule has 2 aromatic carbocycles. The molecule has 1 heterocycles. The Bertz CT molecular complexity index is 564. The van der Waals surface area contributed by atoms with Crippen LogP contribution >= 0.6 is 0 Å². The molecule has 0 atom stereocenters. The minimum atomic E-state index is -0.0409. The molecule has 0 saturated heterocycles. The first-order valence-corrected chi connectivity index (χ1v) is 6.43. The lowest BCUT2D eigenvalue weighted by Gasteiger charge is -2.12. The standard InChI is InChI=1S/C16H16O3/c17-10-14-9-15-13(6-7-18-15)8-16(14)19-11-12-4-2-1-3-5-12/h1-5,8-9,17H,6-7,10-11H2. The van der Waals surface area contributed by atoms with Crippen LogP contribution in [0.25, 0.3) is 0 Å². The Morgan fingerprint density at radius 3 is 2.79 bits per heavy atom. The normalized spacial score (nSPS) is 12.9. The minimum Gasteiger partial charge on any atom is -0.493 e. The molecule has 1 N–H and O–H groups in total. The lowest BCUT2D eigenvalue weighted by molar-refractivity contribution is 0.258. The van der Waals surface area contributed by atoms with Gasteiger partial charge in [-0.15, -0.1) is 0 Å². The smallest absolute Gasteiger partial charge is 0.125 e. The first-order valence-electron chi connectivity index (χ1n) is 6.43. The molecule has 3 heteroatoms. The second-order valence-corrected chi connectivity index (χ2v) is 4.60. The summed E-state index contributed by atoms with van der Waals surface area (Å²) in [6.45, 7) is 1.18. The number of fused-ring (bicyclic) bond motifs is 1. The third kappa shape index (κ3) is 2.56. The van der Waals surface area contributed by atoms with Gasteiger partial charge in [0.25, 0.3) is 0 Å². The van der Waals surface area contributed by atoms with Gasteiger partial charge < -0.3 is 14.6 Å². The van der Waals surface area contributed by atoms with Gasteiger partial charge in [0.1, 0.15) is 18.1 Å². The maximum absolute atomic E-state index is 9.41. The minimum absolute atomic E-state index is 0.0409. The molecule has 0 unspecified atom stereocenters. The lowest BCUT2D eigenvalue weighted by atomic mass is 10.1. The molecular weight excluding hydrogens is 240 g/mol. The van der Waals surface area contributed by atoms with Crippen LogP contribution in [0, 0.1) is 0 Å². The molecule has 0 aliphatic carbocycles. The van der Waals surface area contributed by atoms with Crippen LogP contribution in [0.4, 0.5) is 0 Å². The third-order valence-electron chi connectivity index (χ3n) is 3.28. The van der Waals surface area contributed by atoms with Crippen LogP contribution in [-0.2, 0) is 19.6 Å². The van der Waals surface area contributed by atoms with Crippen molar-refractivity contribution in [3.63, 3.8) is 0 Å². The highest BCUT2D eigenvalue weighted by Gasteiger charge is 2.16. The van der Waals surface area contributed by atoms with Crippen LogP contribution in [0.3, 0.4) is 0 Å². The quantitative estimate of drug-likeness (QED) is 0.914. The Morgan fingerprint density at radius 2 is 2.00 bits per heavy atom. The van der Waals surface area contributed by atoms with E-state index in [0.29, 0.717) is 13.2 Å². The Hall–Kier alpha value is -2.00. The molecule has 0 saturated carbocycles. The lowest BCUT2D eigenvalue weighted by Crippen LogP contribution is -1.99. The summed E-state index contributed by atoms with van der Waals surface area (Å²) < 4.78 is 11.3. The van der Waals surface area contributed by atoms with Gasteiger partial charge >= 0.3 is 0 Å². The van der Waals surface area contributed by atoms with Crippen LogP contribution in [0.15, 0.2) is 42.5 Å². The molecule has 2 aromatic rings. The summed E-state index contributed by atoms with van der Waals surface area (Å²) in [5, 5.41) is 9.41. The average Bonchev–Trinajstić information content (AvgIpc) is 2.92. The number of aliphatic hydroxyl groups excluding tert-OH is 1. The van der Waals surface area contributed by atoms with Crippen molar-refractivity contribution in [3.05, 3.63) is 59.2 Å². The monoisotopic (exact) mass is 256 g/mol. The summed E-state index contributed by atoms with van der Waals surface area (Å²) in [6.07, 6.45) is 0.905. The van der Waals surface area contributed by atoms with E-state index in [1.165, 1.54) is 0 Å². The molecule has 19 heavy (non-hydrogen) atoms. The van der Waals surface area contributed by atoms with Gasteiger partial charge in [-0.3, -0.25) is 0 Å². The van der Waals surface area contributed by atoms with Gasteiger partial charge in [0.05, 0.1) is 13.2 Å². The highest BCUT2D eigenvalue weighted by atomic mass is 16.5. The topological polar surface area (TPSA) is 38.7 Å². The van der Waals surface area contributed by atoms with Gasteiger partial charge in [0.15, 0.2) is 0 Å². The third-order valence-corrected chi connectivity index (χ3v) is 3.28. The maximum Gasteiger partial charge on any atom is 0.125 e. The van der Waals surface area contributed by atoms with E-state index in [-0.39, 0.29) is 6.61 Å². The number of aliphatic hydroxyl groups is 1. The molecule has 0 bridgehead atoms. The van der Waals surface area contributed by atoms with Gasteiger partial charge in [-0.25, -0.2) is 0 Å². The Morgan fingerprint density at radius 1 is 1.16 bits per heavy atom. The van der Waals surface area contributed by atoms with E-state index in [1.807, 2.05) is 42.5 Å². The fourth-order valence-corrected chi connectivity index (χ4v) is 2.24. The average molecular weight is 256 g/mol. The molecule has 0 aromatic heterocycles. The van der Waals surface area contributed by atoms with Gasteiger partial charge in [-0.05, 0) is 17.7 Å². The number of benzene rings is 2. The zero-order valence-electron chi connectivity index (χ0n) is 10.6. The Kier molecular flexibility index (Phi) is 3.38. The van der Waals surface area contributed by atoms with Crippen LogP contribution in [-0.4, -0.2) is 11.7 Å². The van der Waals surface area contributed by atoms with E-state index < -0.39 is 0 Å². The predicted octanol–water partition coefficient (Wildman–Crippen LogP) is 2.69. The Balaban J connectivity index is 1.80. The van der Waals surface area contributed by atoms with E-state index in [4.69, 9.17) is 9.47 Å². The first kappa shape index (κ1) is 12.1. The van der Waals surface area contributed by atoms with Crippen molar-refractivity contribution >= 4 is 0 Å². The van der Waals surface area contributed by atoms with Crippen molar-refractivity contribution in [3.8, 4) is 11.5 Å². The van der Waals surface area contributed by atoms with Crippen LogP contribution < -0.4 is 9.47 Å². The van der Waals surface area contributed by atoms with Gasteiger partial charge in [0, 0.05) is 17.5 Å². The van der Waals surface area contributed by atoms with Crippen LogP contribution in [0.5, 0.6) is 11.5 Å². The van der Waals surface area contributed by atoms with E-state index in [2.05, 4.69) is 0 Å². The van der Waals surface area contributed by atoms with Crippen molar-refractivity contribution in [1.29, 1.82) is 0 Å². The van der Waals surface area contributed by atoms with E-state index in [0.717, 1.165) is 34.6 Å². The van der Waals surface area contributed by atoms with E-state index in [9.17, 15) is 5.11 Å². The number of hydrogen-bond acceptors (Lipinski definition) is 3. The number of ether oxygens (including phenoxy) is 2. The number of hydrogen-bond donors (Lipinski definition) is 1. The van der Waals surface area contributed by atoms with Crippen molar-refractivity contribution in [2.75, 3.05) is 6.61 Å². The number of rotatable bonds is 4. The van der Waals surface area contributed by atoms with E-state index in [1.54, 1.807) is 0 Å². The van der Waals surface area contributed by atoms with Crippen molar-refractivity contribution in [2.24, 2.45) is 0 Å². The van der Waals surface area contributed by atoms with Crippen LogP contribution in [0.1, 0.15) is 16.7 Å². The summed E-state index contributed by atoms with van der Waals surface area (Å²) in [6, 6.07) is 13.9. The highest BCUT2D eigenvalue weighted by Crippen LogP contribution is 2.33. The maximum atomic E-state index is 9.41. The molecule has 1 aliphatic rings. The summed E-state index contributed by atoms with van der Waals surface area (Å²) in [7, 11) is 0. The molecular formula is C16H16O3. The summed E-state index contributed by atoms with van der Waals surface area (Å²) in [5.74, 6) is 1.62. The molecule has 0 amide bonds. The molecule has 0 radical (unpaired) electrons. The zero-order chi connectivity index (χ0) is 13.1. The Labute approximate surface area is 112 Å². The molecule has 3 rings (SSSR count). The van der Waals surface area contributed by atoms with Gasteiger partial charge in [0.2, 0.25) is 0 Å². The van der Waals surface area contributed by atoms with Gasteiger partial charge in [-0.1, -0.05) is 30.3 Å². The molecule has 0 spiro atoms. The van der Waals surface area contributed by atoms with E-state index >= 15 is 0 Å². The second-order valence-electron chi connectivity index (χ2n) is 4.60. The fourth-order valence-electron chi connectivity index (χ4n) is 2.24. The zero-order valence-corrected chi connectivity index (χ0v) is 10.6. The first-order chi connectivity index (χ1) is 9.36. The summed E-state index contributed by atoms with van der Waals surface area (Å²) in [5.41, 5.74) is 3.04. The second kappa shape index (κ2) is 5.33. The van der Waals surface area contributed by atoms with Crippen molar-refractivity contribution in [1.82, 2.24) is 0 Å². The highest BCUT2D eigenvalue weighted by molar-refractivity contribution is 5.48. The van der Waals surface area contributed by atoms with Crippen molar-refractivity contribution < 1.29 is 14.6 Å². The summed E-state index contributed by atoms with van der Waals surface area (Å²) >= 11 is 0. The fraction of sp³-hybridized carbons (Fsp3) is 0.250. The van der Waals surface area contributed by atoms with Crippen LogP contribution in [0.2, 0.25) is 0 Å². The summed E-state index contributed by atoms with van der Waals surface area (Å²) in [4.78, 5) is 0. The molecule has 98 valence electrons. The molecule has 0 fully saturated rings. The van der Waals surface area contributed by atoms with Crippen molar-refractivity contribution in [2.45, 2.75) is 19.6 Å². The SMILES string of the molecule is OCc1cc2c(cc1OCc1ccccc1)CCO2. The predicted molar refractivity (Wildman–Crippen MR) is 72.3 cm³/mol. The molecule has 3 nitrogen and oxygen atoms in total. The molecule has 1 aliphatic heterocycles. The van der Waals surface area contributed by atoms with Gasteiger partial charge in [-0.2, -0.15) is 0 Å². The largest absolute Gasteiger partial charge is 0.493 e.